The van der Waals surface area contributed by atoms with Crippen molar-refractivity contribution in [1.29, 1.82) is 0 Å². The maximum atomic E-state index is 13.8. The molecule has 1 fully saturated rings. The topological polar surface area (TPSA) is 62.5 Å². The fraction of sp³-hybridized carbons (Fsp3) is 0.400. The van der Waals surface area contributed by atoms with Crippen molar-refractivity contribution in [3.63, 3.8) is 0 Å². The second-order valence-electron chi connectivity index (χ2n) is 5.55. The third-order valence-corrected chi connectivity index (χ3v) is 3.92. The summed E-state index contributed by atoms with van der Waals surface area (Å²) in [6.07, 6.45) is 0. The molecule has 1 amide bonds. The van der Waals surface area contributed by atoms with Crippen LogP contribution in [0.5, 0.6) is 0 Å². The number of rotatable bonds is 2. The maximum Gasteiger partial charge on any atom is 0.257 e. The van der Waals surface area contributed by atoms with E-state index < -0.39 is 17.5 Å². The number of benzene rings is 1. The average molecular weight is 322 g/mol. The summed E-state index contributed by atoms with van der Waals surface area (Å²) < 4.78 is 32.3. The zero-order valence-corrected chi connectivity index (χ0v) is 12.8. The Morgan fingerprint density at radius 1 is 1.35 bits per heavy atom. The second-order valence-corrected chi connectivity index (χ2v) is 5.55. The standard InChI is InChI=1S/C15H16F2N4O2/c1-9-18-14(23-19-9)13-8-21(6-5-20(13)2)15(22)11-7-10(16)3-4-12(11)17/h3-4,7,13H,5-6,8H2,1-2H3/t13-/m1/s1. The fourth-order valence-electron chi connectivity index (χ4n) is 2.60. The van der Waals surface area contributed by atoms with Gasteiger partial charge >= 0.3 is 0 Å². The monoisotopic (exact) mass is 322 g/mol. The highest BCUT2D eigenvalue weighted by Gasteiger charge is 2.33. The average Bonchev–Trinajstić information content (AvgIpc) is 2.96. The summed E-state index contributed by atoms with van der Waals surface area (Å²) in [7, 11) is 1.88. The van der Waals surface area contributed by atoms with E-state index in [0.29, 0.717) is 24.8 Å². The molecule has 1 saturated heterocycles. The lowest BCUT2D eigenvalue weighted by Crippen LogP contribution is -2.49. The molecule has 1 atom stereocenters. The van der Waals surface area contributed by atoms with Crippen molar-refractivity contribution in [2.24, 2.45) is 0 Å². The number of nitrogens with zero attached hydrogens (tertiary/aromatic N) is 4. The van der Waals surface area contributed by atoms with Crippen LogP contribution in [0.15, 0.2) is 22.7 Å². The molecule has 0 N–H and O–H groups in total. The first-order valence-corrected chi connectivity index (χ1v) is 7.20. The van der Waals surface area contributed by atoms with E-state index in [9.17, 15) is 13.6 Å². The number of carbonyl (C=O) groups is 1. The molecule has 23 heavy (non-hydrogen) atoms. The van der Waals surface area contributed by atoms with Crippen LogP contribution in [0.4, 0.5) is 8.78 Å². The molecule has 0 radical (unpaired) electrons. The van der Waals surface area contributed by atoms with Crippen molar-refractivity contribution < 1.29 is 18.1 Å². The highest BCUT2D eigenvalue weighted by Crippen LogP contribution is 2.24. The summed E-state index contributed by atoms with van der Waals surface area (Å²) >= 11 is 0. The lowest BCUT2D eigenvalue weighted by Gasteiger charge is -2.37. The number of aryl methyl sites for hydroxylation is 1. The van der Waals surface area contributed by atoms with Gasteiger partial charge in [-0.15, -0.1) is 0 Å². The van der Waals surface area contributed by atoms with Crippen molar-refractivity contribution >= 4 is 5.91 Å². The summed E-state index contributed by atoms with van der Waals surface area (Å²) in [5.41, 5.74) is -0.269. The van der Waals surface area contributed by atoms with Crippen LogP contribution in [0.25, 0.3) is 0 Å². The number of carbonyl (C=O) groups excluding carboxylic acids is 1. The van der Waals surface area contributed by atoms with Crippen LogP contribution in [0.2, 0.25) is 0 Å². The number of hydrogen-bond donors (Lipinski definition) is 0. The largest absolute Gasteiger partial charge is 0.338 e. The number of likely N-dealkylation sites (N-methyl/N-ethyl adjacent to an activating group) is 1. The molecule has 122 valence electrons. The molecule has 1 aromatic heterocycles. The smallest absolute Gasteiger partial charge is 0.257 e. The van der Waals surface area contributed by atoms with Crippen molar-refractivity contribution in [2.45, 2.75) is 13.0 Å². The minimum Gasteiger partial charge on any atom is -0.338 e. The molecule has 1 aromatic carbocycles. The van der Waals surface area contributed by atoms with Gasteiger partial charge in [0.2, 0.25) is 5.89 Å². The van der Waals surface area contributed by atoms with Crippen LogP contribution in [-0.4, -0.2) is 52.5 Å². The van der Waals surface area contributed by atoms with E-state index >= 15 is 0 Å². The van der Waals surface area contributed by atoms with E-state index in [2.05, 4.69) is 10.1 Å². The van der Waals surface area contributed by atoms with E-state index in [1.807, 2.05) is 11.9 Å². The zero-order valence-electron chi connectivity index (χ0n) is 12.8. The maximum absolute atomic E-state index is 13.8. The predicted molar refractivity (Wildman–Crippen MR) is 76.7 cm³/mol. The first kappa shape index (κ1) is 15.5. The summed E-state index contributed by atoms with van der Waals surface area (Å²) in [5, 5.41) is 3.75. The Kier molecular flexibility index (Phi) is 4.08. The zero-order chi connectivity index (χ0) is 16.6. The van der Waals surface area contributed by atoms with Gasteiger partial charge in [0, 0.05) is 19.6 Å². The third kappa shape index (κ3) is 3.07. The Labute approximate surface area is 131 Å². The van der Waals surface area contributed by atoms with Crippen molar-refractivity contribution in [3.05, 3.63) is 47.1 Å². The predicted octanol–water partition coefficient (Wildman–Crippen LogP) is 1.79. The molecule has 0 aliphatic carbocycles. The van der Waals surface area contributed by atoms with Crippen LogP contribution in [0, 0.1) is 18.6 Å². The van der Waals surface area contributed by atoms with Gasteiger partial charge in [0.05, 0.1) is 5.56 Å². The van der Waals surface area contributed by atoms with Gasteiger partial charge < -0.3 is 9.42 Å². The lowest BCUT2D eigenvalue weighted by molar-refractivity contribution is 0.0484. The molecule has 8 heteroatoms. The van der Waals surface area contributed by atoms with E-state index in [0.717, 1.165) is 18.2 Å². The quantitative estimate of drug-likeness (QED) is 0.843. The molecular weight excluding hydrogens is 306 g/mol. The molecule has 1 aliphatic heterocycles. The first-order valence-electron chi connectivity index (χ1n) is 7.20. The Morgan fingerprint density at radius 2 is 2.13 bits per heavy atom. The molecule has 0 unspecified atom stereocenters. The Hall–Kier alpha value is -2.35. The van der Waals surface area contributed by atoms with Gasteiger partial charge in [-0.05, 0) is 32.2 Å². The summed E-state index contributed by atoms with van der Waals surface area (Å²) in [6, 6.07) is 2.59. The second kappa shape index (κ2) is 6.04. The van der Waals surface area contributed by atoms with E-state index in [1.165, 1.54) is 4.90 Å². The van der Waals surface area contributed by atoms with Crippen molar-refractivity contribution in [3.8, 4) is 0 Å². The molecular formula is C15H16F2N4O2. The number of amides is 1. The van der Waals surface area contributed by atoms with Crippen LogP contribution >= 0.6 is 0 Å². The molecule has 0 saturated carbocycles. The van der Waals surface area contributed by atoms with Crippen molar-refractivity contribution in [1.82, 2.24) is 19.9 Å². The molecule has 1 aliphatic rings. The third-order valence-electron chi connectivity index (χ3n) is 3.92. The van der Waals surface area contributed by atoms with Gasteiger partial charge in [-0.3, -0.25) is 9.69 Å². The normalized spacial score (nSPS) is 19.1. The summed E-state index contributed by atoms with van der Waals surface area (Å²) in [6.45, 7) is 2.96. The van der Waals surface area contributed by atoms with Gasteiger partial charge in [0.15, 0.2) is 5.82 Å². The molecule has 0 spiro atoms. The van der Waals surface area contributed by atoms with Gasteiger partial charge in [0.25, 0.3) is 5.91 Å². The SMILES string of the molecule is Cc1noc([C@H]2CN(C(=O)c3cc(F)ccc3F)CCN2C)n1. The van der Waals surface area contributed by atoms with Gasteiger partial charge in [-0.25, -0.2) is 8.78 Å². The summed E-state index contributed by atoms with van der Waals surface area (Å²) in [5.74, 6) is -1.01. The number of halogens is 2. The van der Waals surface area contributed by atoms with Gasteiger partial charge in [-0.2, -0.15) is 4.98 Å². The highest BCUT2D eigenvalue weighted by atomic mass is 19.1. The van der Waals surface area contributed by atoms with Crippen LogP contribution < -0.4 is 0 Å². The van der Waals surface area contributed by atoms with Crippen LogP contribution in [-0.2, 0) is 0 Å². The molecule has 3 rings (SSSR count). The molecule has 2 heterocycles. The number of aromatic nitrogens is 2. The molecule has 6 nitrogen and oxygen atoms in total. The Bertz CT molecular complexity index is 734. The van der Waals surface area contributed by atoms with Crippen molar-refractivity contribution in [2.75, 3.05) is 26.7 Å². The molecule has 0 bridgehead atoms. The van der Waals surface area contributed by atoms with E-state index in [1.54, 1.807) is 6.92 Å². The molecule has 2 aromatic rings. The first-order chi connectivity index (χ1) is 11.0. The van der Waals surface area contributed by atoms with Crippen LogP contribution in [0.1, 0.15) is 28.1 Å². The van der Waals surface area contributed by atoms with Gasteiger partial charge in [0.1, 0.15) is 17.7 Å². The summed E-state index contributed by atoms with van der Waals surface area (Å²) in [4.78, 5) is 20.1. The minimum absolute atomic E-state index is 0.269. The van der Waals surface area contributed by atoms with Gasteiger partial charge in [-0.1, -0.05) is 5.16 Å². The van der Waals surface area contributed by atoms with Crippen LogP contribution in [0.3, 0.4) is 0 Å². The van der Waals surface area contributed by atoms with E-state index in [-0.39, 0.29) is 18.2 Å². The minimum atomic E-state index is -0.736. The van der Waals surface area contributed by atoms with E-state index in [4.69, 9.17) is 4.52 Å². The fourth-order valence-corrected chi connectivity index (χ4v) is 2.60. The number of hydrogen-bond acceptors (Lipinski definition) is 5. The lowest BCUT2D eigenvalue weighted by atomic mass is 10.1. The highest BCUT2D eigenvalue weighted by molar-refractivity contribution is 5.94. The Morgan fingerprint density at radius 3 is 2.83 bits per heavy atom. The Balaban J connectivity index is 1.83. The number of piperazine rings is 1.